The molecule has 0 aliphatic carbocycles. The van der Waals surface area contributed by atoms with Crippen LogP contribution in [0.2, 0.25) is 0 Å². The zero-order valence-electron chi connectivity index (χ0n) is 20.9. The highest BCUT2D eigenvalue weighted by Crippen LogP contribution is 2.39. The van der Waals surface area contributed by atoms with Gasteiger partial charge in [-0.2, -0.15) is 18.2 Å². The molecule has 0 spiro atoms. The van der Waals surface area contributed by atoms with E-state index in [9.17, 15) is 17.6 Å². The lowest BCUT2D eigenvalue weighted by Gasteiger charge is -2.35. The third kappa shape index (κ3) is 5.97. The second kappa shape index (κ2) is 11.3. The minimum Gasteiger partial charge on any atom is -0.381 e. The van der Waals surface area contributed by atoms with Crippen LogP contribution in [-0.4, -0.2) is 72.5 Å². The summed E-state index contributed by atoms with van der Waals surface area (Å²) < 4.78 is 62.9. The summed E-state index contributed by atoms with van der Waals surface area (Å²) in [7, 11) is 0. The van der Waals surface area contributed by atoms with Crippen LogP contribution in [0, 0.1) is 5.82 Å². The Morgan fingerprint density at radius 2 is 1.71 bits per heavy atom. The van der Waals surface area contributed by atoms with Crippen LogP contribution < -0.4 is 10.2 Å². The Hall–Kier alpha value is -3.09. The zero-order chi connectivity index (χ0) is 26.6. The minimum absolute atomic E-state index is 0.286. The predicted molar refractivity (Wildman–Crippen MR) is 131 cm³/mol. The molecule has 38 heavy (non-hydrogen) atoms. The van der Waals surface area contributed by atoms with Gasteiger partial charge in [0.2, 0.25) is 5.89 Å². The summed E-state index contributed by atoms with van der Waals surface area (Å²) in [5, 5.41) is 7.62. The third-order valence-corrected chi connectivity index (χ3v) is 7.29. The molecule has 1 aromatic carbocycles. The number of hydrogen-bond donors (Lipinski definition) is 1. The maximum absolute atomic E-state index is 13.5. The lowest BCUT2D eigenvalue weighted by molar-refractivity contribution is -0.137. The topological polar surface area (TPSA) is 79.6 Å². The Morgan fingerprint density at radius 1 is 0.974 bits per heavy atom. The van der Waals surface area contributed by atoms with E-state index < -0.39 is 17.2 Å². The van der Waals surface area contributed by atoms with E-state index in [4.69, 9.17) is 9.26 Å². The zero-order valence-corrected chi connectivity index (χ0v) is 20.9. The fourth-order valence-corrected chi connectivity index (χ4v) is 5.03. The average molecular weight is 535 g/mol. The SMILES string of the molecule is Fc1ccc(C2(c3noc(CNCCN4CCN(c5ccc(C(F)(F)F)cn5)CC4)n3)CCOCC2)cc1. The van der Waals surface area contributed by atoms with Crippen LogP contribution in [0.15, 0.2) is 47.1 Å². The van der Waals surface area contributed by atoms with Crippen LogP contribution >= 0.6 is 0 Å². The fourth-order valence-electron chi connectivity index (χ4n) is 5.03. The smallest absolute Gasteiger partial charge is 0.381 e. The number of ether oxygens (including phenoxy) is 1. The molecule has 2 aromatic heterocycles. The summed E-state index contributed by atoms with van der Waals surface area (Å²) >= 11 is 0. The van der Waals surface area contributed by atoms with Crippen molar-refractivity contribution in [2.24, 2.45) is 0 Å². The number of benzene rings is 1. The quantitative estimate of drug-likeness (QED) is 0.347. The summed E-state index contributed by atoms with van der Waals surface area (Å²) in [5.41, 5.74) is -0.249. The number of aromatic nitrogens is 3. The van der Waals surface area contributed by atoms with Crippen molar-refractivity contribution in [1.82, 2.24) is 25.3 Å². The molecule has 0 bridgehead atoms. The fraction of sp³-hybridized carbons (Fsp3) is 0.500. The van der Waals surface area contributed by atoms with Crippen molar-refractivity contribution in [2.75, 3.05) is 57.4 Å². The Morgan fingerprint density at radius 3 is 2.37 bits per heavy atom. The Labute approximate surface area is 218 Å². The second-order valence-electron chi connectivity index (χ2n) is 9.62. The Bertz CT molecular complexity index is 1170. The van der Waals surface area contributed by atoms with Gasteiger partial charge in [-0.3, -0.25) is 4.90 Å². The number of rotatable bonds is 8. The van der Waals surface area contributed by atoms with E-state index in [-0.39, 0.29) is 5.82 Å². The third-order valence-electron chi connectivity index (χ3n) is 7.29. The Kier molecular flexibility index (Phi) is 7.91. The number of anilines is 1. The van der Waals surface area contributed by atoms with Crippen LogP contribution in [0.3, 0.4) is 0 Å². The molecule has 2 saturated heterocycles. The van der Waals surface area contributed by atoms with Crippen LogP contribution in [0.5, 0.6) is 0 Å². The van der Waals surface area contributed by atoms with Gasteiger partial charge in [0.15, 0.2) is 5.82 Å². The van der Waals surface area contributed by atoms with Gasteiger partial charge in [-0.25, -0.2) is 9.37 Å². The van der Waals surface area contributed by atoms with Crippen molar-refractivity contribution in [3.63, 3.8) is 0 Å². The van der Waals surface area contributed by atoms with Gasteiger partial charge >= 0.3 is 6.18 Å². The van der Waals surface area contributed by atoms with Crippen molar-refractivity contribution in [3.8, 4) is 0 Å². The van der Waals surface area contributed by atoms with Gasteiger partial charge in [-0.1, -0.05) is 17.3 Å². The number of hydrogen-bond acceptors (Lipinski definition) is 8. The summed E-state index contributed by atoms with van der Waals surface area (Å²) in [6.07, 6.45) is -2.11. The molecule has 0 radical (unpaired) electrons. The Balaban J connectivity index is 1.09. The van der Waals surface area contributed by atoms with Gasteiger partial charge in [-0.05, 0) is 42.7 Å². The highest BCUT2D eigenvalue weighted by molar-refractivity contribution is 5.40. The number of halogens is 4. The van der Waals surface area contributed by atoms with E-state index >= 15 is 0 Å². The normalized spacial score (nSPS) is 18.6. The van der Waals surface area contributed by atoms with E-state index in [0.717, 1.165) is 37.5 Å². The molecule has 5 rings (SSSR count). The van der Waals surface area contributed by atoms with Gasteiger partial charge in [-0.15, -0.1) is 0 Å². The summed E-state index contributed by atoms with van der Waals surface area (Å²) in [5.74, 6) is 1.36. The summed E-state index contributed by atoms with van der Waals surface area (Å²) in [6, 6.07) is 8.97. The molecule has 0 saturated carbocycles. The van der Waals surface area contributed by atoms with E-state index in [0.29, 0.717) is 69.8 Å². The lowest BCUT2D eigenvalue weighted by Crippen LogP contribution is -2.48. The molecular formula is C26H30F4N6O2. The summed E-state index contributed by atoms with van der Waals surface area (Å²) in [4.78, 5) is 12.9. The minimum atomic E-state index is -4.38. The number of nitrogens with one attached hydrogen (secondary N) is 1. The first-order valence-electron chi connectivity index (χ1n) is 12.7. The maximum atomic E-state index is 13.5. The van der Waals surface area contributed by atoms with Crippen molar-refractivity contribution < 1.29 is 26.8 Å². The highest BCUT2D eigenvalue weighted by Gasteiger charge is 2.40. The molecule has 12 heteroatoms. The molecule has 3 aromatic rings. The molecule has 0 atom stereocenters. The number of piperazine rings is 1. The van der Waals surface area contributed by atoms with Crippen molar-refractivity contribution in [2.45, 2.75) is 31.0 Å². The molecule has 204 valence electrons. The van der Waals surface area contributed by atoms with Gasteiger partial charge in [0.25, 0.3) is 0 Å². The van der Waals surface area contributed by atoms with Gasteiger partial charge < -0.3 is 19.5 Å². The van der Waals surface area contributed by atoms with E-state index in [1.807, 2.05) is 4.90 Å². The van der Waals surface area contributed by atoms with Crippen molar-refractivity contribution >= 4 is 5.82 Å². The first-order valence-corrected chi connectivity index (χ1v) is 12.7. The van der Waals surface area contributed by atoms with E-state index in [1.54, 1.807) is 12.1 Å². The van der Waals surface area contributed by atoms with Crippen LogP contribution in [0.4, 0.5) is 23.4 Å². The monoisotopic (exact) mass is 534 g/mol. The van der Waals surface area contributed by atoms with Gasteiger partial charge in [0.1, 0.15) is 11.6 Å². The van der Waals surface area contributed by atoms with E-state index in [1.165, 1.54) is 18.2 Å². The van der Waals surface area contributed by atoms with Gasteiger partial charge in [0, 0.05) is 58.7 Å². The van der Waals surface area contributed by atoms with E-state index in [2.05, 4.69) is 25.3 Å². The molecule has 2 aliphatic heterocycles. The molecule has 2 aliphatic rings. The average Bonchev–Trinajstić information content (AvgIpc) is 3.41. The first-order chi connectivity index (χ1) is 18.3. The number of alkyl halides is 3. The number of nitrogens with zero attached hydrogens (tertiary/aromatic N) is 5. The summed E-state index contributed by atoms with van der Waals surface area (Å²) in [6.45, 7) is 6.07. The van der Waals surface area contributed by atoms with Crippen LogP contribution in [0.1, 0.15) is 35.7 Å². The molecule has 0 unspecified atom stereocenters. The second-order valence-corrected chi connectivity index (χ2v) is 9.62. The highest BCUT2D eigenvalue weighted by atomic mass is 19.4. The van der Waals surface area contributed by atoms with Crippen LogP contribution in [-0.2, 0) is 22.9 Å². The molecular weight excluding hydrogens is 504 g/mol. The van der Waals surface area contributed by atoms with Crippen molar-refractivity contribution in [1.29, 1.82) is 0 Å². The maximum Gasteiger partial charge on any atom is 0.417 e. The van der Waals surface area contributed by atoms with Crippen LogP contribution in [0.25, 0.3) is 0 Å². The standard InChI is InChI=1S/C26H30F4N6O2/c27-21-4-1-19(2-5-21)25(7-15-37-16-8-25)24-33-23(38-34-24)18-31-9-10-35-11-13-36(14-12-35)22-6-3-20(17-32-22)26(28,29)30/h1-6,17,31H,7-16,18H2. The predicted octanol–water partition coefficient (Wildman–Crippen LogP) is 3.63. The van der Waals surface area contributed by atoms with Gasteiger partial charge in [0.05, 0.1) is 17.5 Å². The lowest BCUT2D eigenvalue weighted by atomic mass is 9.73. The largest absolute Gasteiger partial charge is 0.417 e. The van der Waals surface area contributed by atoms with Crippen molar-refractivity contribution in [3.05, 3.63) is 71.3 Å². The molecule has 1 N–H and O–H groups in total. The molecule has 8 nitrogen and oxygen atoms in total. The number of pyridine rings is 1. The first kappa shape index (κ1) is 26.5. The molecule has 0 amide bonds. The molecule has 2 fully saturated rings. The molecule has 4 heterocycles.